The van der Waals surface area contributed by atoms with E-state index in [1.165, 1.54) is 25.1 Å². The van der Waals surface area contributed by atoms with Gasteiger partial charge in [-0.25, -0.2) is 27.7 Å². The molecule has 2 aliphatic heterocycles. The van der Waals surface area contributed by atoms with Crippen molar-refractivity contribution in [2.45, 2.75) is 18.4 Å². The molecule has 138 valence electrons. The van der Waals surface area contributed by atoms with Crippen molar-refractivity contribution in [3.63, 3.8) is 0 Å². The van der Waals surface area contributed by atoms with Crippen molar-refractivity contribution in [3.8, 4) is 0 Å². The van der Waals surface area contributed by atoms with E-state index in [0.717, 1.165) is 4.31 Å². The predicted octanol–water partition coefficient (Wildman–Crippen LogP) is 2.33. The summed E-state index contributed by atoms with van der Waals surface area (Å²) >= 11 is 0. The van der Waals surface area contributed by atoms with Crippen LogP contribution in [0.4, 0.5) is 18.0 Å². The molecule has 2 atom stereocenters. The van der Waals surface area contributed by atoms with Crippen LogP contribution in [-0.4, -0.2) is 50.8 Å². The molecule has 7 nitrogen and oxygen atoms in total. The Hall–Kier alpha value is -1.98. The Kier molecular flexibility index (Phi) is 4.12. The number of nitrogens with one attached hydrogen (secondary N) is 2. The van der Waals surface area contributed by atoms with Gasteiger partial charge in [-0.2, -0.15) is 0 Å². The van der Waals surface area contributed by atoms with E-state index in [4.69, 9.17) is 5.11 Å². The average Bonchev–Trinajstić information content (AvgIpc) is 2.48. The SMILES string of the molecule is C[C@@]1(c2ccccc2F)CS2(O)NCC(F)(F)CN2C(NC(=O)O)=N1. The van der Waals surface area contributed by atoms with Crippen molar-refractivity contribution in [1.29, 1.82) is 0 Å². The van der Waals surface area contributed by atoms with E-state index in [2.05, 4.69) is 9.71 Å². The molecule has 1 saturated heterocycles. The molecular weight excluding hydrogens is 361 g/mol. The van der Waals surface area contributed by atoms with Gasteiger partial charge in [0.05, 0.1) is 18.8 Å². The highest BCUT2D eigenvalue weighted by Gasteiger charge is 2.53. The summed E-state index contributed by atoms with van der Waals surface area (Å²) in [5.74, 6) is -4.36. The van der Waals surface area contributed by atoms with Crippen LogP contribution in [0, 0.1) is 5.82 Å². The number of nitrogens with zero attached hydrogens (tertiary/aromatic N) is 2. The minimum absolute atomic E-state index is 0.138. The first kappa shape index (κ1) is 17.8. The van der Waals surface area contributed by atoms with Gasteiger partial charge in [0.25, 0.3) is 5.92 Å². The first-order chi connectivity index (χ1) is 11.5. The van der Waals surface area contributed by atoms with Crippen LogP contribution < -0.4 is 10.0 Å². The molecule has 0 aromatic heterocycles. The zero-order chi connectivity index (χ0) is 18.5. The van der Waals surface area contributed by atoms with Gasteiger partial charge in [0, 0.05) is 16.2 Å². The number of aliphatic imine (C=N–C) groups is 1. The lowest BCUT2D eigenvalue weighted by atomic mass is 9.94. The van der Waals surface area contributed by atoms with E-state index in [0.29, 0.717) is 0 Å². The van der Waals surface area contributed by atoms with Crippen molar-refractivity contribution >= 4 is 22.7 Å². The zero-order valence-electron chi connectivity index (χ0n) is 13.2. The van der Waals surface area contributed by atoms with Crippen LogP contribution in [0.2, 0.25) is 0 Å². The Morgan fingerprint density at radius 3 is 2.76 bits per heavy atom. The third-order valence-corrected chi connectivity index (χ3v) is 6.65. The highest BCUT2D eigenvalue weighted by Crippen LogP contribution is 2.55. The highest BCUT2D eigenvalue weighted by molar-refractivity contribution is 8.26. The minimum atomic E-state index is -3.17. The molecule has 1 amide bonds. The summed E-state index contributed by atoms with van der Waals surface area (Å²) < 4.78 is 55.9. The van der Waals surface area contributed by atoms with Gasteiger partial charge in [0.1, 0.15) is 11.4 Å². The van der Waals surface area contributed by atoms with Crippen LogP contribution in [0.5, 0.6) is 0 Å². The first-order valence-electron chi connectivity index (χ1n) is 7.33. The second kappa shape index (κ2) is 5.78. The number of alkyl halides is 2. The summed E-state index contributed by atoms with van der Waals surface area (Å²) in [4.78, 5) is 15.2. The van der Waals surface area contributed by atoms with E-state index in [1.54, 1.807) is 6.07 Å². The molecule has 0 spiro atoms. The molecule has 1 fully saturated rings. The summed E-state index contributed by atoms with van der Waals surface area (Å²) in [6.45, 7) is -0.132. The molecule has 1 unspecified atom stereocenters. The van der Waals surface area contributed by atoms with Gasteiger partial charge in [-0.3, -0.25) is 9.62 Å². The molecule has 0 aliphatic carbocycles. The molecular formula is C14H17F3N4O3S. The lowest BCUT2D eigenvalue weighted by molar-refractivity contribution is -0.00966. The fraction of sp³-hybridized carbons (Fsp3) is 0.429. The second-order valence-corrected chi connectivity index (χ2v) is 8.50. The number of halogens is 3. The number of rotatable bonds is 1. The molecule has 0 saturated carbocycles. The van der Waals surface area contributed by atoms with Crippen molar-refractivity contribution in [1.82, 2.24) is 14.3 Å². The topological polar surface area (TPSA) is 97.2 Å². The van der Waals surface area contributed by atoms with Gasteiger partial charge in [0.15, 0.2) is 0 Å². The standard InChI is InChI=1S/C14H17F3N4O3S/c1-13(9-4-2-3-5-10(9)15)8-25(24)18-6-14(16,17)7-21(25)11(20-13)19-12(22)23/h2-5,18,24H,6-8H2,1H3,(H,19,20)(H,22,23)/t13-/m0/s1. The Balaban J connectivity index is 2.11. The van der Waals surface area contributed by atoms with Gasteiger partial charge in [-0.15, -0.1) is 0 Å². The van der Waals surface area contributed by atoms with Gasteiger partial charge in [0.2, 0.25) is 5.96 Å². The smallest absolute Gasteiger partial charge is 0.411 e. The van der Waals surface area contributed by atoms with E-state index < -0.39 is 53.1 Å². The van der Waals surface area contributed by atoms with Crippen LogP contribution in [-0.2, 0) is 5.54 Å². The molecule has 25 heavy (non-hydrogen) atoms. The summed E-state index contributed by atoms with van der Waals surface area (Å²) in [6.07, 6.45) is -1.52. The van der Waals surface area contributed by atoms with E-state index in [1.807, 2.05) is 5.32 Å². The largest absolute Gasteiger partial charge is 0.465 e. The number of carboxylic acid groups (broad SMARTS) is 1. The van der Waals surface area contributed by atoms with Crippen molar-refractivity contribution < 1.29 is 27.6 Å². The summed E-state index contributed by atoms with van der Waals surface area (Å²) in [5, 5.41) is 10.9. The van der Waals surface area contributed by atoms with Gasteiger partial charge in [-0.1, -0.05) is 18.2 Å². The fourth-order valence-electron chi connectivity index (χ4n) is 2.95. The normalized spacial score (nSPS) is 33.6. The lowest BCUT2D eigenvalue weighted by Crippen LogP contribution is -2.63. The van der Waals surface area contributed by atoms with Crippen molar-refractivity contribution in [2.24, 2.45) is 4.99 Å². The van der Waals surface area contributed by atoms with Crippen molar-refractivity contribution in [2.75, 3.05) is 18.8 Å². The first-order valence-corrected chi connectivity index (χ1v) is 9.05. The zero-order valence-corrected chi connectivity index (χ0v) is 14.0. The number of carbonyl (C=O) groups is 1. The predicted molar refractivity (Wildman–Crippen MR) is 87.1 cm³/mol. The average molecular weight is 378 g/mol. The Labute approximate surface area is 143 Å². The number of hydrogen-bond acceptors (Lipinski definition) is 5. The fourth-order valence-corrected chi connectivity index (χ4v) is 5.59. The summed E-state index contributed by atoms with van der Waals surface area (Å²) in [7, 11) is -3.04. The Morgan fingerprint density at radius 2 is 2.12 bits per heavy atom. The number of hydrogen-bond donors (Lipinski definition) is 4. The van der Waals surface area contributed by atoms with Crippen LogP contribution >= 0.6 is 10.7 Å². The molecule has 0 radical (unpaired) electrons. The minimum Gasteiger partial charge on any atom is -0.465 e. The van der Waals surface area contributed by atoms with E-state index in [-0.39, 0.29) is 11.3 Å². The van der Waals surface area contributed by atoms with E-state index in [9.17, 15) is 22.5 Å². The van der Waals surface area contributed by atoms with Gasteiger partial charge < -0.3 is 9.66 Å². The highest BCUT2D eigenvalue weighted by atomic mass is 32.3. The Bertz CT molecular complexity index is 750. The molecule has 2 heterocycles. The van der Waals surface area contributed by atoms with Crippen LogP contribution in [0.15, 0.2) is 29.3 Å². The van der Waals surface area contributed by atoms with Crippen LogP contribution in [0.25, 0.3) is 0 Å². The van der Waals surface area contributed by atoms with Crippen LogP contribution in [0.1, 0.15) is 12.5 Å². The number of guanidine groups is 1. The molecule has 4 N–H and O–H groups in total. The molecule has 11 heteroatoms. The summed E-state index contributed by atoms with van der Waals surface area (Å²) in [5.41, 5.74) is -1.19. The number of fused-ring (bicyclic) bond motifs is 1. The number of amides is 1. The third kappa shape index (κ3) is 3.26. The molecule has 1 aromatic rings. The Morgan fingerprint density at radius 1 is 1.44 bits per heavy atom. The lowest BCUT2D eigenvalue weighted by Gasteiger charge is -2.55. The van der Waals surface area contributed by atoms with E-state index >= 15 is 0 Å². The summed E-state index contributed by atoms with van der Waals surface area (Å²) in [6, 6.07) is 5.75. The quantitative estimate of drug-likeness (QED) is 0.601. The molecule has 0 bridgehead atoms. The van der Waals surface area contributed by atoms with Gasteiger partial charge in [-0.05, 0) is 13.0 Å². The molecule has 2 aliphatic rings. The van der Waals surface area contributed by atoms with Crippen molar-refractivity contribution in [3.05, 3.63) is 35.6 Å². The monoisotopic (exact) mass is 378 g/mol. The maximum Gasteiger partial charge on any atom is 0.411 e. The molecule has 3 rings (SSSR count). The van der Waals surface area contributed by atoms with Crippen LogP contribution in [0.3, 0.4) is 0 Å². The second-order valence-electron chi connectivity index (χ2n) is 6.14. The maximum atomic E-state index is 14.2. The third-order valence-electron chi connectivity index (χ3n) is 4.05. The molecule has 1 aromatic carbocycles. The number of benzene rings is 1. The maximum absolute atomic E-state index is 14.2. The van der Waals surface area contributed by atoms with Gasteiger partial charge >= 0.3 is 6.09 Å².